The highest BCUT2D eigenvalue weighted by Crippen LogP contribution is 2.15. The normalized spacial score (nSPS) is 10.3. The smallest absolute Gasteiger partial charge is 0.254 e. The molecule has 0 unspecified atom stereocenters. The lowest BCUT2D eigenvalue weighted by atomic mass is 10.1. The van der Waals surface area contributed by atoms with Gasteiger partial charge >= 0.3 is 0 Å². The highest BCUT2D eigenvalue weighted by molar-refractivity contribution is 9.10. The predicted molar refractivity (Wildman–Crippen MR) is 80.8 cm³/mol. The summed E-state index contributed by atoms with van der Waals surface area (Å²) in [6, 6.07) is 11.5. The van der Waals surface area contributed by atoms with E-state index in [2.05, 4.69) is 15.9 Å². The lowest BCUT2D eigenvalue weighted by Crippen LogP contribution is -2.26. The van der Waals surface area contributed by atoms with Crippen molar-refractivity contribution < 1.29 is 9.18 Å². The van der Waals surface area contributed by atoms with Gasteiger partial charge in [-0.05, 0) is 35.9 Å². The number of hydrogen-bond acceptors (Lipinski definition) is 2. The van der Waals surface area contributed by atoms with Gasteiger partial charge in [0.25, 0.3) is 5.91 Å². The zero-order chi connectivity index (χ0) is 14.7. The molecule has 0 saturated heterocycles. The van der Waals surface area contributed by atoms with Crippen LogP contribution in [0.15, 0.2) is 46.9 Å². The largest absolute Gasteiger partial charge is 0.399 e. The minimum atomic E-state index is -0.509. The summed E-state index contributed by atoms with van der Waals surface area (Å²) in [5.74, 6) is -0.774. The van der Waals surface area contributed by atoms with Gasteiger partial charge in [-0.2, -0.15) is 0 Å². The first-order valence-corrected chi connectivity index (χ1v) is 6.81. The summed E-state index contributed by atoms with van der Waals surface area (Å²) < 4.78 is 14.2. The second-order valence-corrected chi connectivity index (χ2v) is 5.48. The Bertz CT molecular complexity index is 608. The molecule has 0 heterocycles. The van der Waals surface area contributed by atoms with Crippen LogP contribution >= 0.6 is 15.9 Å². The number of amides is 1. The van der Waals surface area contributed by atoms with E-state index in [1.165, 1.54) is 23.1 Å². The van der Waals surface area contributed by atoms with Crippen LogP contribution < -0.4 is 5.73 Å². The standard InChI is InChI=1S/C15H14BrFN2O/c1-19(9-10-2-4-12(16)5-3-10)15(20)11-6-13(17)8-14(18)7-11/h2-8H,9,18H2,1H3. The van der Waals surface area contributed by atoms with Gasteiger partial charge in [0.2, 0.25) is 0 Å². The first-order valence-electron chi connectivity index (χ1n) is 6.01. The van der Waals surface area contributed by atoms with Gasteiger partial charge in [0.1, 0.15) is 5.82 Å². The third-order valence-electron chi connectivity index (χ3n) is 2.85. The number of nitrogen functional groups attached to an aromatic ring is 1. The minimum absolute atomic E-state index is 0.241. The van der Waals surface area contributed by atoms with Crippen molar-refractivity contribution in [3.63, 3.8) is 0 Å². The first kappa shape index (κ1) is 14.5. The lowest BCUT2D eigenvalue weighted by molar-refractivity contribution is 0.0784. The number of carbonyl (C=O) groups is 1. The van der Waals surface area contributed by atoms with E-state index >= 15 is 0 Å². The number of hydrogen-bond donors (Lipinski definition) is 1. The second kappa shape index (κ2) is 6.05. The molecule has 5 heteroatoms. The Morgan fingerprint density at radius 1 is 1.25 bits per heavy atom. The van der Waals surface area contributed by atoms with Crippen LogP contribution in [0.5, 0.6) is 0 Å². The molecular formula is C15H14BrFN2O. The van der Waals surface area contributed by atoms with Crippen molar-refractivity contribution in [3.05, 3.63) is 63.9 Å². The number of halogens is 2. The SMILES string of the molecule is CN(Cc1ccc(Br)cc1)C(=O)c1cc(N)cc(F)c1. The van der Waals surface area contributed by atoms with Crippen LogP contribution in [0, 0.1) is 5.82 Å². The Labute approximate surface area is 125 Å². The topological polar surface area (TPSA) is 46.3 Å². The van der Waals surface area contributed by atoms with Gasteiger partial charge in [0.05, 0.1) is 0 Å². The summed E-state index contributed by atoms with van der Waals surface area (Å²) in [6.45, 7) is 0.447. The molecule has 0 saturated carbocycles. The Hall–Kier alpha value is -1.88. The van der Waals surface area contributed by atoms with Gasteiger partial charge in [0, 0.05) is 29.3 Å². The van der Waals surface area contributed by atoms with E-state index in [0.29, 0.717) is 6.54 Å². The molecule has 0 aliphatic heterocycles. The summed E-state index contributed by atoms with van der Waals surface area (Å²) in [5, 5.41) is 0. The highest BCUT2D eigenvalue weighted by Gasteiger charge is 2.13. The van der Waals surface area contributed by atoms with Crippen LogP contribution in [0.3, 0.4) is 0 Å². The monoisotopic (exact) mass is 336 g/mol. The quantitative estimate of drug-likeness (QED) is 0.872. The second-order valence-electron chi connectivity index (χ2n) is 4.56. The Morgan fingerprint density at radius 2 is 1.90 bits per heavy atom. The van der Waals surface area contributed by atoms with Gasteiger partial charge < -0.3 is 10.6 Å². The molecule has 2 rings (SSSR count). The Kier molecular flexibility index (Phi) is 4.39. The van der Waals surface area contributed by atoms with E-state index in [1.54, 1.807) is 7.05 Å². The fourth-order valence-electron chi connectivity index (χ4n) is 1.89. The van der Waals surface area contributed by atoms with Crippen molar-refractivity contribution in [1.82, 2.24) is 4.90 Å². The number of nitrogens with zero attached hydrogens (tertiary/aromatic N) is 1. The van der Waals surface area contributed by atoms with Gasteiger partial charge in [-0.15, -0.1) is 0 Å². The zero-order valence-electron chi connectivity index (χ0n) is 10.9. The molecule has 0 aromatic heterocycles. The third kappa shape index (κ3) is 3.57. The summed E-state index contributed by atoms with van der Waals surface area (Å²) in [7, 11) is 1.67. The molecule has 0 atom stereocenters. The number of anilines is 1. The van der Waals surface area contributed by atoms with E-state index in [4.69, 9.17) is 5.73 Å². The highest BCUT2D eigenvalue weighted by atomic mass is 79.9. The maximum Gasteiger partial charge on any atom is 0.254 e. The van der Waals surface area contributed by atoms with Crippen LogP contribution in [0.2, 0.25) is 0 Å². The van der Waals surface area contributed by atoms with Crippen LogP contribution in [-0.2, 0) is 6.54 Å². The zero-order valence-corrected chi connectivity index (χ0v) is 12.5. The maximum atomic E-state index is 13.3. The molecule has 0 fully saturated rings. The molecule has 2 N–H and O–H groups in total. The fourth-order valence-corrected chi connectivity index (χ4v) is 2.16. The van der Waals surface area contributed by atoms with Gasteiger partial charge in [-0.3, -0.25) is 4.79 Å². The average Bonchev–Trinajstić information content (AvgIpc) is 2.39. The van der Waals surface area contributed by atoms with Crippen molar-refractivity contribution in [1.29, 1.82) is 0 Å². The van der Waals surface area contributed by atoms with Gasteiger partial charge in [-0.1, -0.05) is 28.1 Å². The fraction of sp³-hybridized carbons (Fsp3) is 0.133. The van der Waals surface area contributed by atoms with E-state index in [0.717, 1.165) is 10.0 Å². The summed E-state index contributed by atoms with van der Waals surface area (Å²) in [4.78, 5) is 13.7. The third-order valence-corrected chi connectivity index (χ3v) is 3.38. The summed E-state index contributed by atoms with van der Waals surface area (Å²) >= 11 is 3.36. The van der Waals surface area contributed by atoms with E-state index in [-0.39, 0.29) is 17.2 Å². The van der Waals surface area contributed by atoms with E-state index in [9.17, 15) is 9.18 Å². The molecule has 0 radical (unpaired) electrons. The lowest BCUT2D eigenvalue weighted by Gasteiger charge is -2.17. The molecule has 0 bridgehead atoms. The molecule has 2 aromatic rings. The van der Waals surface area contributed by atoms with Crippen LogP contribution in [0.25, 0.3) is 0 Å². The molecule has 2 aromatic carbocycles. The number of benzene rings is 2. The van der Waals surface area contributed by atoms with Crippen molar-refractivity contribution in [2.45, 2.75) is 6.54 Å². The summed E-state index contributed by atoms with van der Waals surface area (Å²) in [5.41, 5.74) is 7.04. The van der Waals surface area contributed by atoms with E-state index in [1.807, 2.05) is 24.3 Å². The van der Waals surface area contributed by atoms with Crippen LogP contribution in [-0.4, -0.2) is 17.9 Å². The van der Waals surface area contributed by atoms with Crippen LogP contribution in [0.4, 0.5) is 10.1 Å². The van der Waals surface area contributed by atoms with Crippen molar-refractivity contribution in [3.8, 4) is 0 Å². The molecule has 3 nitrogen and oxygen atoms in total. The maximum absolute atomic E-state index is 13.3. The van der Waals surface area contributed by atoms with Gasteiger partial charge in [-0.25, -0.2) is 4.39 Å². The first-order chi connectivity index (χ1) is 9.45. The predicted octanol–water partition coefficient (Wildman–Crippen LogP) is 3.44. The summed E-state index contributed by atoms with van der Waals surface area (Å²) in [6.07, 6.45) is 0. The molecular weight excluding hydrogens is 323 g/mol. The molecule has 0 spiro atoms. The molecule has 1 amide bonds. The minimum Gasteiger partial charge on any atom is -0.399 e. The van der Waals surface area contributed by atoms with Crippen molar-refractivity contribution >= 4 is 27.5 Å². The molecule has 104 valence electrons. The van der Waals surface area contributed by atoms with Crippen LogP contribution in [0.1, 0.15) is 15.9 Å². The number of rotatable bonds is 3. The average molecular weight is 337 g/mol. The Balaban J connectivity index is 2.14. The number of carbonyl (C=O) groups excluding carboxylic acids is 1. The van der Waals surface area contributed by atoms with E-state index < -0.39 is 5.82 Å². The van der Waals surface area contributed by atoms with Crippen molar-refractivity contribution in [2.75, 3.05) is 12.8 Å². The number of nitrogens with two attached hydrogens (primary N) is 1. The molecule has 0 aliphatic carbocycles. The Morgan fingerprint density at radius 3 is 2.50 bits per heavy atom. The molecule has 0 aliphatic rings. The molecule has 20 heavy (non-hydrogen) atoms. The van der Waals surface area contributed by atoms with Gasteiger partial charge in [0.15, 0.2) is 0 Å². The van der Waals surface area contributed by atoms with Crippen molar-refractivity contribution in [2.24, 2.45) is 0 Å².